The fourth-order valence-electron chi connectivity index (χ4n) is 1.61. The van der Waals surface area contributed by atoms with Crippen molar-refractivity contribution in [3.05, 3.63) is 18.2 Å². The van der Waals surface area contributed by atoms with E-state index in [1.165, 1.54) is 0 Å². The number of rotatable bonds is 2. The van der Waals surface area contributed by atoms with Gasteiger partial charge in [0.05, 0.1) is 17.3 Å². The molecule has 0 saturated carbocycles. The highest BCUT2D eigenvalue weighted by molar-refractivity contribution is 7.92. The SMILES string of the molecule is O=S1(=O)CCNCC1Cc1cnc[nH]1. The Hall–Kier alpha value is -0.880. The topological polar surface area (TPSA) is 74.8 Å². The first-order valence-corrected chi connectivity index (χ1v) is 6.29. The fourth-order valence-corrected chi connectivity index (χ4v) is 3.18. The third-order valence-corrected chi connectivity index (χ3v) is 4.57. The zero-order valence-corrected chi connectivity index (χ0v) is 8.55. The van der Waals surface area contributed by atoms with E-state index in [9.17, 15) is 8.42 Å². The van der Waals surface area contributed by atoms with Gasteiger partial charge in [0.1, 0.15) is 0 Å². The van der Waals surface area contributed by atoms with Crippen LogP contribution in [0.1, 0.15) is 5.69 Å². The summed E-state index contributed by atoms with van der Waals surface area (Å²) in [6, 6.07) is 0. The van der Waals surface area contributed by atoms with Crippen LogP contribution in [-0.2, 0) is 16.3 Å². The standard InChI is InChI=1S/C8H13N3O2S/c12-14(13)2-1-9-5-8(14)3-7-4-10-6-11-7/h4,6,8-9H,1-3,5H2,(H,10,11). The molecule has 0 bridgehead atoms. The van der Waals surface area contributed by atoms with Crippen LogP contribution in [0.3, 0.4) is 0 Å². The second-order valence-corrected chi connectivity index (χ2v) is 5.87. The summed E-state index contributed by atoms with van der Waals surface area (Å²) in [4.78, 5) is 6.78. The number of imidazole rings is 1. The third-order valence-electron chi connectivity index (χ3n) is 2.45. The summed E-state index contributed by atoms with van der Waals surface area (Å²) < 4.78 is 23.3. The van der Waals surface area contributed by atoms with E-state index in [4.69, 9.17) is 0 Å². The molecule has 0 aliphatic carbocycles. The second-order valence-electron chi connectivity index (χ2n) is 3.47. The maximum atomic E-state index is 11.6. The lowest BCUT2D eigenvalue weighted by molar-refractivity contribution is 0.542. The largest absolute Gasteiger partial charge is 0.348 e. The fraction of sp³-hybridized carbons (Fsp3) is 0.625. The minimum Gasteiger partial charge on any atom is -0.348 e. The van der Waals surface area contributed by atoms with Crippen molar-refractivity contribution in [2.24, 2.45) is 0 Å². The number of aromatic amines is 1. The van der Waals surface area contributed by atoms with Crippen molar-refractivity contribution in [1.82, 2.24) is 15.3 Å². The quantitative estimate of drug-likeness (QED) is 0.686. The number of sulfone groups is 1. The van der Waals surface area contributed by atoms with Crippen molar-refractivity contribution >= 4 is 9.84 Å². The van der Waals surface area contributed by atoms with Crippen LogP contribution >= 0.6 is 0 Å². The van der Waals surface area contributed by atoms with Gasteiger partial charge in [-0.3, -0.25) is 0 Å². The Kier molecular flexibility index (Phi) is 2.56. The van der Waals surface area contributed by atoms with Crippen LogP contribution in [0.5, 0.6) is 0 Å². The predicted molar refractivity (Wildman–Crippen MR) is 52.7 cm³/mol. The predicted octanol–water partition coefficient (Wildman–Crippen LogP) is -0.661. The molecule has 1 aromatic rings. The Labute approximate surface area is 82.9 Å². The van der Waals surface area contributed by atoms with E-state index >= 15 is 0 Å². The van der Waals surface area contributed by atoms with Crippen LogP contribution in [-0.4, -0.2) is 42.5 Å². The van der Waals surface area contributed by atoms with E-state index in [1.807, 2.05) is 0 Å². The second kappa shape index (κ2) is 3.70. The Morgan fingerprint density at radius 3 is 3.07 bits per heavy atom. The molecule has 0 radical (unpaired) electrons. The Morgan fingerprint density at radius 2 is 2.43 bits per heavy atom. The number of hydrogen-bond donors (Lipinski definition) is 2. The van der Waals surface area contributed by atoms with Crippen LogP contribution in [0.2, 0.25) is 0 Å². The van der Waals surface area contributed by atoms with Crippen LogP contribution in [0.4, 0.5) is 0 Å². The van der Waals surface area contributed by atoms with Crippen LogP contribution < -0.4 is 5.32 Å². The van der Waals surface area contributed by atoms with Gasteiger partial charge in [0.15, 0.2) is 9.84 Å². The van der Waals surface area contributed by atoms with E-state index in [0.29, 0.717) is 19.5 Å². The molecule has 5 nitrogen and oxygen atoms in total. The highest BCUT2D eigenvalue weighted by atomic mass is 32.2. The first kappa shape index (κ1) is 9.67. The summed E-state index contributed by atoms with van der Waals surface area (Å²) in [5.74, 6) is 0.242. The summed E-state index contributed by atoms with van der Waals surface area (Å²) in [7, 11) is -2.91. The van der Waals surface area contributed by atoms with Crippen LogP contribution in [0.25, 0.3) is 0 Å². The van der Waals surface area contributed by atoms with Crippen molar-refractivity contribution in [1.29, 1.82) is 0 Å². The van der Waals surface area contributed by atoms with Gasteiger partial charge in [-0.2, -0.15) is 0 Å². The van der Waals surface area contributed by atoms with Gasteiger partial charge in [0.25, 0.3) is 0 Å². The molecule has 1 aromatic heterocycles. The van der Waals surface area contributed by atoms with E-state index in [0.717, 1.165) is 5.69 Å². The Balaban J connectivity index is 2.10. The van der Waals surface area contributed by atoms with Gasteiger partial charge in [-0.25, -0.2) is 13.4 Å². The summed E-state index contributed by atoms with van der Waals surface area (Å²) >= 11 is 0. The average Bonchev–Trinajstić information content (AvgIpc) is 2.61. The van der Waals surface area contributed by atoms with Gasteiger partial charge in [-0.1, -0.05) is 0 Å². The monoisotopic (exact) mass is 215 g/mol. The van der Waals surface area contributed by atoms with Crippen molar-refractivity contribution in [3.63, 3.8) is 0 Å². The number of hydrogen-bond acceptors (Lipinski definition) is 4. The molecule has 1 aliphatic heterocycles. The van der Waals surface area contributed by atoms with Crippen molar-refractivity contribution in [2.45, 2.75) is 11.7 Å². The first-order chi connectivity index (χ1) is 6.68. The molecule has 0 spiro atoms. The average molecular weight is 215 g/mol. The lowest BCUT2D eigenvalue weighted by Crippen LogP contribution is -2.45. The molecule has 1 unspecified atom stereocenters. The highest BCUT2D eigenvalue weighted by Gasteiger charge is 2.28. The molecule has 78 valence electrons. The normalized spacial score (nSPS) is 26.1. The molecular formula is C8H13N3O2S. The number of nitrogens with one attached hydrogen (secondary N) is 2. The molecule has 1 atom stereocenters. The van der Waals surface area contributed by atoms with E-state index < -0.39 is 9.84 Å². The maximum absolute atomic E-state index is 11.6. The summed E-state index contributed by atoms with van der Waals surface area (Å²) in [6.07, 6.45) is 3.76. The lowest BCUT2D eigenvalue weighted by atomic mass is 10.2. The maximum Gasteiger partial charge on any atom is 0.156 e. The number of nitrogens with zero attached hydrogens (tertiary/aromatic N) is 1. The Morgan fingerprint density at radius 1 is 1.57 bits per heavy atom. The molecule has 0 amide bonds. The van der Waals surface area contributed by atoms with Gasteiger partial charge in [0.2, 0.25) is 0 Å². The van der Waals surface area contributed by atoms with Crippen LogP contribution in [0.15, 0.2) is 12.5 Å². The summed E-state index contributed by atoms with van der Waals surface area (Å²) in [5.41, 5.74) is 0.877. The van der Waals surface area contributed by atoms with Gasteiger partial charge >= 0.3 is 0 Å². The van der Waals surface area contributed by atoms with Gasteiger partial charge < -0.3 is 10.3 Å². The molecule has 2 heterocycles. The van der Waals surface area contributed by atoms with E-state index in [1.54, 1.807) is 12.5 Å². The third kappa shape index (κ3) is 1.96. The van der Waals surface area contributed by atoms with Gasteiger partial charge in [-0.05, 0) is 0 Å². The number of aromatic nitrogens is 2. The van der Waals surface area contributed by atoms with Crippen LogP contribution in [0, 0.1) is 0 Å². The molecular weight excluding hydrogens is 202 g/mol. The van der Waals surface area contributed by atoms with Gasteiger partial charge in [-0.15, -0.1) is 0 Å². The molecule has 2 N–H and O–H groups in total. The van der Waals surface area contributed by atoms with Crippen molar-refractivity contribution < 1.29 is 8.42 Å². The first-order valence-electron chi connectivity index (χ1n) is 4.58. The summed E-state index contributed by atoms with van der Waals surface area (Å²) in [6.45, 7) is 1.11. The molecule has 1 aliphatic rings. The molecule has 14 heavy (non-hydrogen) atoms. The smallest absolute Gasteiger partial charge is 0.156 e. The van der Waals surface area contributed by atoms with Crippen molar-refractivity contribution in [3.8, 4) is 0 Å². The summed E-state index contributed by atoms with van der Waals surface area (Å²) in [5, 5.41) is 2.78. The van der Waals surface area contributed by atoms with E-state index in [2.05, 4.69) is 15.3 Å². The molecule has 2 rings (SSSR count). The number of H-pyrrole nitrogens is 1. The molecule has 1 fully saturated rings. The van der Waals surface area contributed by atoms with Crippen molar-refractivity contribution in [2.75, 3.05) is 18.8 Å². The zero-order chi connectivity index (χ0) is 10.0. The minimum absolute atomic E-state index is 0.242. The lowest BCUT2D eigenvalue weighted by Gasteiger charge is -2.22. The minimum atomic E-state index is -2.91. The van der Waals surface area contributed by atoms with Gasteiger partial charge in [0, 0.05) is 31.4 Å². The highest BCUT2D eigenvalue weighted by Crippen LogP contribution is 2.11. The molecule has 1 saturated heterocycles. The molecule has 0 aromatic carbocycles. The Bertz CT molecular complexity index is 385. The molecule has 6 heteroatoms. The zero-order valence-electron chi connectivity index (χ0n) is 7.73. The van der Waals surface area contributed by atoms with E-state index in [-0.39, 0.29) is 11.0 Å².